The van der Waals surface area contributed by atoms with Crippen LogP contribution in [0.1, 0.15) is 19.3 Å². The van der Waals surface area contributed by atoms with Gasteiger partial charge in [0.2, 0.25) is 0 Å². The SMILES string of the molecule is NCCCCC(O)NNCCN. The number of hydrogen-bond donors (Lipinski definition) is 5. The van der Waals surface area contributed by atoms with Crippen molar-refractivity contribution in [1.29, 1.82) is 0 Å². The predicted molar refractivity (Wildman–Crippen MR) is 49.1 cm³/mol. The minimum absolute atomic E-state index is 0.497. The van der Waals surface area contributed by atoms with Gasteiger partial charge in [-0.15, -0.1) is 0 Å². The molecule has 0 fully saturated rings. The van der Waals surface area contributed by atoms with Gasteiger partial charge in [0, 0.05) is 13.1 Å². The second-order valence-electron chi connectivity index (χ2n) is 2.66. The molecule has 1 atom stereocenters. The molecule has 0 aromatic rings. The molecule has 5 nitrogen and oxygen atoms in total. The lowest BCUT2D eigenvalue weighted by molar-refractivity contribution is 0.108. The number of unbranched alkanes of at least 4 members (excludes halogenated alkanes) is 1. The van der Waals surface area contributed by atoms with Crippen LogP contribution < -0.4 is 22.3 Å². The first-order chi connectivity index (χ1) is 5.81. The van der Waals surface area contributed by atoms with Crippen LogP contribution in [-0.2, 0) is 0 Å². The molecule has 0 heterocycles. The molecule has 0 rings (SSSR count). The molecule has 0 aromatic carbocycles. The average molecular weight is 176 g/mol. The molecule has 0 saturated heterocycles. The minimum Gasteiger partial charge on any atom is -0.377 e. The normalized spacial score (nSPS) is 13.2. The van der Waals surface area contributed by atoms with E-state index in [4.69, 9.17) is 11.5 Å². The van der Waals surface area contributed by atoms with Crippen LogP contribution in [0.4, 0.5) is 0 Å². The van der Waals surface area contributed by atoms with Crippen molar-refractivity contribution in [2.45, 2.75) is 25.5 Å². The standard InChI is InChI=1S/C7H20N4O/c8-4-2-1-3-7(12)11-10-6-5-9/h7,10-12H,1-6,8-9H2. The van der Waals surface area contributed by atoms with Gasteiger partial charge < -0.3 is 16.6 Å². The molecular weight excluding hydrogens is 156 g/mol. The van der Waals surface area contributed by atoms with Gasteiger partial charge in [-0.25, -0.2) is 5.43 Å². The zero-order valence-electron chi connectivity index (χ0n) is 7.42. The Morgan fingerprint density at radius 1 is 1.17 bits per heavy atom. The highest BCUT2D eigenvalue weighted by molar-refractivity contribution is 4.51. The van der Waals surface area contributed by atoms with Crippen LogP contribution in [0.25, 0.3) is 0 Å². The van der Waals surface area contributed by atoms with Crippen LogP contribution in [-0.4, -0.2) is 31.0 Å². The third-order valence-corrected chi connectivity index (χ3v) is 1.47. The number of aliphatic hydroxyl groups excluding tert-OH is 1. The molecule has 0 aliphatic rings. The summed E-state index contributed by atoms with van der Waals surface area (Å²) in [5.74, 6) is 0. The van der Waals surface area contributed by atoms with Crippen molar-refractivity contribution in [3.8, 4) is 0 Å². The summed E-state index contributed by atoms with van der Waals surface area (Å²) in [6, 6.07) is 0. The van der Waals surface area contributed by atoms with E-state index in [0.717, 1.165) is 19.3 Å². The highest BCUT2D eigenvalue weighted by Crippen LogP contribution is 1.95. The van der Waals surface area contributed by atoms with Crippen molar-refractivity contribution in [3.63, 3.8) is 0 Å². The summed E-state index contributed by atoms with van der Waals surface area (Å²) in [4.78, 5) is 0. The average Bonchev–Trinajstić information content (AvgIpc) is 2.06. The van der Waals surface area contributed by atoms with Crippen LogP contribution in [0.2, 0.25) is 0 Å². The highest BCUT2D eigenvalue weighted by Gasteiger charge is 2.00. The van der Waals surface area contributed by atoms with E-state index in [-0.39, 0.29) is 0 Å². The molecule has 1 unspecified atom stereocenters. The zero-order chi connectivity index (χ0) is 9.23. The summed E-state index contributed by atoms with van der Waals surface area (Å²) >= 11 is 0. The molecule has 7 N–H and O–H groups in total. The molecule has 0 aliphatic carbocycles. The van der Waals surface area contributed by atoms with Crippen molar-refractivity contribution in [2.75, 3.05) is 19.6 Å². The van der Waals surface area contributed by atoms with Crippen LogP contribution in [0.5, 0.6) is 0 Å². The van der Waals surface area contributed by atoms with E-state index >= 15 is 0 Å². The van der Waals surface area contributed by atoms with Crippen LogP contribution in [0.15, 0.2) is 0 Å². The van der Waals surface area contributed by atoms with E-state index in [0.29, 0.717) is 19.6 Å². The van der Waals surface area contributed by atoms with Gasteiger partial charge in [0.1, 0.15) is 6.23 Å². The van der Waals surface area contributed by atoms with Gasteiger partial charge in [0.25, 0.3) is 0 Å². The van der Waals surface area contributed by atoms with Crippen LogP contribution in [0.3, 0.4) is 0 Å². The van der Waals surface area contributed by atoms with Crippen molar-refractivity contribution in [2.24, 2.45) is 11.5 Å². The summed E-state index contributed by atoms with van der Waals surface area (Å²) < 4.78 is 0. The van der Waals surface area contributed by atoms with Crippen molar-refractivity contribution < 1.29 is 5.11 Å². The number of hydrazine groups is 1. The van der Waals surface area contributed by atoms with E-state index in [1.807, 2.05) is 0 Å². The number of aliphatic hydroxyl groups is 1. The quantitative estimate of drug-likeness (QED) is 0.176. The maximum absolute atomic E-state index is 9.25. The van der Waals surface area contributed by atoms with E-state index in [2.05, 4.69) is 10.9 Å². The van der Waals surface area contributed by atoms with Crippen LogP contribution >= 0.6 is 0 Å². The first-order valence-electron chi connectivity index (χ1n) is 4.38. The molecule has 74 valence electrons. The molecule has 12 heavy (non-hydrogen) atoms. The molecule has 0 radical (unpaired) electrons. The third-order valence-electron chi connectivity index (χ3n) is 1.47. The topological polar surface area (TPSA) is 96.3 Å². The Morgan fingerprint density at radius 2 is 1.92 bits per heavy atom. The first-order valence-corrected chi connectivity index (χ1v) is 4.38. The fourth-order valence-electron chi connectivity index (χ4n) is 0.816. The van der Waals surface area contributed by atoms with E-state index in [9.17, 15) is 5.11 Å². The Morgan fingerprint density at radius 3 is 2.50 bits per heavy atom. The Kier molecular flexibility index (Phi) is 8.74. The second-order valence-corrected chi connectivity index (χ2v) is 2.66. The fraction of sp³-hybridized carbons (Fsp3) is 1.00. The molecule has 0 aromatic heterocycles. The molecular formula is C7H20N4O. The van der Waals surface area contributed by atoms with Crippen molar-refractivity contribution in [3.05, 3.63) is 0 Å². The summed E-state index contributed by atoms with van der Waals surface area (Å²) in [7, 11) is 0. The number of nitrogens with one attached hydrogen (secondary N) is 2. The lowest BCUT2D eigenvalue weighted by atomic mass is 10.2. The van der Waals surface area contributed by atoms with Gasteiger partial charge in [0.05, 0.1) is 0 Å². The summed E-state index contributed by atoms with van der Waals surface area (Å²) in [5.41, 5.74) is 16.1. The largest absolute Gasteiger partial charge is 0.377 e. The van der Waals surface area contributed by atoms with E-state index in [1.54, 1.807) is 0 Å². The maximum atomic E-state index is 9.25. The monoisotopic (exact) mass is 176 g/mol. The van der Waals surface area contributed by atoms with Crippen molar-refractivity contribution in [1.82, 2.24) is 10.9 Å². The Hall–Kier alpha value is -0.200. The first kappa shape index (κ1) is 11.8. The molecule has 5 heteroatoms. The maximum Gasteiger partial charge on any atom is 0.117 e. The van der Waals surface area contributed by atoms with Gasteiger partial charge in [-0.2, -0.15) is 0 Å². The lowest BCUT2D eigenvalue weighted by Gasteiger charge is -2.12. The smallest absolute Gasteiger partial charge is 0.117 e. The lowest BCUT2D eigenvalue weighted by Crippen LogP contribution is -2.42. The number of hydrogen-bond acceptors (Lipinski definition) is 5. The minimum atomic E-state index is -0.497. The Labute approximate surface area is 73.5 Å². The summed E-state index contributed by atoms with van der Waals surface area (Å²) in [6.07, 6.45) is 2.11. The highest BCUT2D eigenvalue weighted by atomic mass is 16.3. The van der Waals surface area contributed by atoms with E-state index in [1.165, 1.54) is 0 Å². The summed E-state index contributed by atoms with van der Waals surface area (Å²) in [6.45, 7) is 1.90. The van der Waals surface area contributed by atoms with E-state index < -0.39 is 6.23 Å². The molecule has 0 saturated carbocycles. The zero-order valence-corrected chi connectivity index (χ0v) is 7.42. The van der Waals surface area contributed by atoms with Gasteiger partial charge in [0.15, 0.2) is 0 Å². The van der Waals surface area contributed by atoms with Gasteiger partial charge in [-0.3, -0.25) is 5.43 Å². The second kappa shape index (κ2) is 8.89. The van der Waals surface area contributed by atoms with Crippen LogP contribution in [0, 0.1) is 0 Å². The van der Waals surface area contributed by atoms with Gasteiger partial charge in [-0.05, 0) is 25.8 Å². The Balaban J connectivity index is 3.04. The summed E-state index contributed by atoms with van der Waals surface area (Å²) in [5, 5.41) is 9.25. The van der Waals surface area contributed by atoms with Crippen molar-refractivity contribution >= 4 is 0 Å². The number of rotatable bonds is 8. The van der Waals surface area contributed by atoms with Gasteiger partial charge in [-0.1, -0.05) is 0 Å². The molecule has 0 amide bonds. The molecule has 0 bridgehead atoms. The Bertz CT molecular complexity index is 81.5. The molecule has 0 spiro atoms. The van der Waals surface area contributed by atoms with Gasteiger partial charge >= 0.3 is 0 Å². The fourth-order valence-corrected chi connectivity index (χ4v) is 0.816. The predicted octanol–water partition coefficient (Wildman–Crippen LogP) is -1.51. The number of nitrogens with two attached hydrogens (primary N) is 2. The molecule has 0 aliphatic heterocycles. The third kappa shape index (κ3) is 7.90.